The van der Waals surface area contributed by atoms with E-state index in [0.29, 0.717) is 16.6 Å². The van der Waals surface area contributed by atoms with Crippen molar-refractivity contribution in [2.75, 3.05) is 11.1 Å². The SMILES string of the molecule is Cn1cnc2c(N)ncc(C(=O)Nc3c(Cl)cncc3Cl)c21. The minimum Gasteiger partial charge on any atom is -0.382 e. The van der Waals surface area contributed by atoms with E-state index < -0.39 is 5.91 Å². The lowest BCUT2D eigenvalue weighted by molar-refractivity contribution is 0.102. The van der Waals surface area contributed by atoms with Crippen LogP contribution >= 0.6 is 23.2 Å². The largest absolute Gasteiger partial charge is 0.382 e. The van der Waals surface area contributed by atoms with E-state index in [2.05, 4.69) is 20.3 Å². The minimum atomic E-state index is -0.420. The molecule has 0 aliphatic rings. The highest BCUT2D eigenvalue weighted by Crippen LogP contribution is 2.30. The molecule has 3 aromatic rings. The number of hydrogen-bond acceptors (Lipinski definition) is 5. The number of amides is 1. The molecule has 0 radical (unpaired) electrons. The molecule has 0 bridgehead atoms. The number of nitrogens with two attached hydrogens (primary N) is 1. The quantitative estimate of drug-likeness (QED) is 0.749. The molecule has 7 nitrogen and oxygen atoms in total. The summed E-state index contributed by atoms with van der Waals surface area (Å²) in [5, 5.41) is 3.14. The molecule has 9 heteroatoms. The van der Waals surface area contributed by atoms with Crippen molar-refractivity contribution in [2.45, 2.75) is 0 Å². The molecule has 0 aliphatic heterocycles. The smallest absolute Gasteiger partial charge is 0.259 e. The fourth-order valence-electron chi connectivity index (χ4n) is 2.07. The van der Waals surface area contributed by atoms with Gasteiger partial charge in [0.1, 0.15) is 5.52 Å². The van der Waals surface area contributed by atoms with Crippen molar-refractivity contribution in [1.29, 1.82) is 0 Å². The summed E-state index contributed by atoms with van der Waals surface area (Å²) >= 11 is 12.0. The normalized spacial score (nSPS) is 10.9. The highest BCUT2D eigenvalue weighted by atomic mass is 35.5. The van der Waals surface area contributed by atoms with Crippen molar-refractivity contribution in [1.82, 2.24) is 19.5 Å². The Morgan fingerprint density at radius 2 is 1.91 bits per heavy atom. The molecule has 0 saturated heterocycles. The molecule has 0 saturated carbocycles. The zero-order valence-corrected chi connectivity index (χ0v) is 12.9. The van der Waals surface area contributed by atoms with Gasteiger partial charge in [-0.3, -0.25) is 9.78 Å². The van der Waals surface area contributed by atoms with E-state index in [1.165, 1.54) is 18.6 Å². The molecule has 3 heterocycles. The summed E-state index contributed by atoms with van der Waals surface area (Å²) < 4.78 is 1.69. The van der Waals surface area contributed by atoms with Gasteiger partial charge >= 0.3 is 0 Å². The summed E-state index contributed by atoms with van der Waals surface area (Å²) in [4.78, 5) is 24.5. The molecule has 3 rings (SSSR count). The first kappa shape index (κ1) is 14.6. The Morgan fingerprint density at radius 3 is 2.59 bits per heavy atom. The molecule has 0 fully saturated rings. The first-order valence-corrected chi connectivity index (χ1v) is 6.90. The lowest BCUT2D eigenvalue weighted by Crippen LogP contribution is -2.15. The standard InChI is InChI=1S/C13H10Cl2N6O/c1-21-5-19-10-11(21)6(2-18-12(10)16)13(22)20-9-7(14)3-17-4-8(9)15/h2-5H,1H3,(H2,16,18)(H,17,20,22). The topological polar surface area (TPSA) is 98.7 Å². The van der Waals surface area contributed by atoms with E-state index >= 15 is 0 Å². The number of aryl methyl sites for hydroxylation is 1. The van der Waals surface area contributed by atoms with Crippen LogP contribution in [0, 0.1) is 0 Å². The van der Waals surface area contributed by atoms with Crippen LogP contribution in [0.3, 0.4) is 0 Å². The number of rotatable bonds is 2. The number of fused-ring (bicyclic) bond motifs is 1. The Kier molecular flexibility index (Phi) is 3.59. The van der Waals surface area contributed by atoms with Gasteiger partial charge in [0.2, 0.25) is 0 Å². The average molecular weight is 337 g/mol. The van der Waals surface area contributed by atoms with Crippen LogP contribution in [-0.4, -0.2) is 25.4 Å². The number of halogens is 2. The number of imidazole rings is 1. The predicted molar refractivity (Wildman–Crippen MR) is 85.1 cm³/mol. The van der Waals surface area contributed by atoms with Crippen molar-refractivity contribution in [3.8, 4) is 0 Å². The number of carbonyl (C=O) groups is 1. The van der Waals surface area contributed by atoms with Gasteiger partial charge in [-0.25, -0.2) is 9.97 Å². The Morgan fingerprint density at radius 1 is 1.23 bits per heavy atom. The van der Waals surface area contributed by atoms with Gasteiger partial charge in [0.25, 0.3) is 5.91 Å². The predicted octanol–water partition coefficient (Wildman–Crippen LogP) is 2.50. The van der Waals surface area contributed by atoms with Crippen LogP contribution in [0.2, 0.25) is 10.0 Å². The van der Waals surface area contributed by atoms with Gasteiger partial charge in [0, 0.05) is 25.6 Å². The Hall–Kier alpha value is -2.38. The van der Waals surface area contributed by atoms with E-state index in [-0.39, 0.29) is 21.6 Å². The summed E-state index contributed by atoms with van der Waals surface area (Å²) in [5.41, 5.74) is 7.41. The zero-order valence-electron chi connectivity index (χ0n) is 11.3. The van der Waals surface area contributed by atoms with Crippen molar-refractivity contribution in [3.63, 3.8) is 0 Å². The summed E-state index contributed by atoms with van der Waals surface area (Å²) in [5.74, 6) is -0.164. The van der Waals surface area contributed by atoms with Gasteiger partial charge in [0.05, 0.1) is 33.1 Å². The van der Waals surface area contributed by atoms with Gasteiger partial charge in [-0.05, 0) is 0 Å². The molecule has 112 valence electrons. The number of anilines is 2. The molecule has 22 heavy (non-hydrogen) atoms. The monoisotopic (exact) mass is 336 g/mol. The van der Waals surface area contributed by atoms with E-state index in [9.17, 15) is 4.79 Å². The number of nitrogens with one attached hydrogen (secondary N) is 1. The number of pyridine rings is 2. The molecule has 0 atom stereocenters. The molecule has 0 aliphatic carbocycles. The second-order valence-electron chi connectivity index (χ2n) is 4.54. The molecular formula is C13H10Cl2N6O. The average Bonchev–Trinajstić information content (AvgIpc) is 2.87. The van der Waals surface area contributed by atoms with Crippen molar-refractivity contribution in [2.24, 2.45) is 7.05 Å². The number of aromatic nitrogens is 4. The lowest BCUT2D eigenvalue weighted by Gasteiger charge is -2.10. The molecule has 0 unspecified atom stereocenters. The number of nitrogen functional groups attached to an aromatic ring is 1. The van der Waals surface area contributed by atoms with E-state index in [1.54, 1.807) is 17.9 Å². The third-order valence-corrected chi connectivity index (χ3v) is 3.68. The van der Waals surface area contributed by atoms with Crippen LogP contribution in [0.5, 0.6) is 0 Å². The van der Waals surface area contributed by atoms with Gasteiger partial charge in [-0.1, -0.05) is 23.2 Å². The van der Waals surface area contributed by atoms with Crippen molar-refractivity contribution in [3.05, 3.63) is 40.5 Å². The molecule has 3 N–H and O–H groups in total. The number of carbonyl (C=O) groups excluding carboxylic acids is 1. The van der Waals surface area contributed by atoms with E-state index in [0.717, 1.165) is 0 Å². The van der Waals surface area contributed by atoms with Gasteiger partial charge < -0.3 is 15.6 Å². The molecule has 1 amide bonds. The second-order valence-corrected chi connectivity index (χ2v) is 5.36. The van der Waals surface area contributed by atoms with Crippen LogP contribution < -0.4 is 11.1 Å². The summed E-state index contributed by atoms with van der Waals surface area (Å²) in [6, 6.07) is 0. The third kappa shape index (κ3) is 2.34. The Labute approximate surface area is 135 Å². The summed E-state index contributed by atoms with van der Waals surface area (Å²) in [7, 11) is 1.76. The van der Waals surface area contributed by atoms with Gasteiger partial charge in [0.15, 0.2) is 5.82 Å². The fraction of sp³-hybridized carbons (Fsp3) is 0.0769. The number of nitrogens with zero attached hydrogens (tertiary/aromatic N) is 4. The van der Waals surface area contributed by atoms with Gasteiger partial charge in [-0.2, -0.15) is 0 Å². The highest BCUT2D eigenvalue weighted by Gasteiger charge is 2.18. The number of hydrogen-bond donors (Lipinski definition) is 2. The van der Waals surface area contributed by atoms with E-state index in [1.807, 2.05) is 0 Å². The maximum Gasteiger partial charge on any atom is 0.259 e. The highest BCUT2D eigenvalue weighted by molar-refractivity contribution is 6.39. The first-order valence-electron chi connectivity index (χ1n) is 6.15. The van der Waals surface area contributed by atoms with Gasteiger partial charge in [-0.15, -0.1) is 0 Å². The van der Waals surface area contributed by atoms with Crippen LogP contribution in [0.15, 0.2) is 24.9 Å². The van der Waals surface area contributed by atoms with Crippen LogP contribution in [-0.2, 0) is 7.05 Å². The molecule has 0 aromatic carbocycles. The third-order valence-electron chi connectivity index (χ3n) is 3.10. The molecule has 3 aromatic heterocycles. The van der Waals surface area contributed by atoms with Crippen LogP contribution in [0.1, 0.15) is 10.4 Å². The lowest BCUT2D eigenvalue weighted by atomic mass is 10.2. The molecule has 0 spiro atoms. The van der Waals surface area contributed by atoms with Crippen molar-refractivity contribution < 1.29 is 4.79 Å². The van der Waals surface area contributed by atoms with Crippen molar-refractivity contribution >= 4 is 51.6 Å². The minimum absolute atomic E-state index is 0.241. The van der Waals surface area contributed by atoms with E-state index in [4.69, 9.17) is 28.9 Å². The maximum absolute atomic E-state index is 12.5. The summed E-state index contributed by atoms with van der Waals surface area (Å²) in [6.45, 7) is 0. The first-order chi connectivity index (χ1) is 10.5. The Bertz CT molecular complexity index is 871. The van der Waals surface area contributed by atoms with Crippen LogP contribution in [0.25, 0.3) is 11.0 Å². The maximum atomic E-state index is 12.5. The fourth-order valence-corrected chi connectivity index (χ4v) is 2.53. The molecular weight excluding hydrogens is 327 g/mol. The summed E-state index contributed by atoms with van der Waals surface area (Å²) in [6.07, 6.45) is 5.73. The second kappa shape index (κ2) is 5.43. The Balaban J connectivity index is 2.07. The van der Waals surface area contributed by atoms with Crippen LogP contribution in [0.4, 0.5) is 11.5 Å². The zero-order chi connectivity index (χ0) is 15.9.